The predicted molar refractivity (Wildman–Crippen MR) is 124 cm³/mol. The minimum atomic E-state index is -0.264. The van der Waals surface area contributed by atoms with E-state index in [4.69, 9.17) is 4.74 Å². The first-order chi connectivity index (χ1) is 15.0. The minimum Gasteiger partial charge on any atom is -0.439 e. The third-order valence-corrected chi connectivity index (χ3v) is 5.39. The molecule has 6 nitrogen and oxygen atoms in total. The standard InChI is InChI=1S/C25H28N4O2/c1-29(2)17-18-6-7-20-16-22(9-8-19(20)15-18)28-25(30)27-21-10-12-23(13-11-21)31-24-5-3-4-14-26-24/h3-5,8-14,16,18H,6-7,15,17H2,1-2H3,(H2,27,28,30). The van der Waals surface area contributed by atoms with Crippen LogP contribution in [-0.4, -0.2) is 36.6 Å². The van der Waals surface area contributed by atoms with Gasteiger partial charge < -0.3 is 20.3 Å². The van der Waals surface area contributed by atoms with E-state index in [0.29, 0.717) is 23.2 Å². The molecule has 2 aromatic carbocycles. The average Bonchev–Trinajstić information content (AvgIpc) is 2.75. The number of rotatable bonds is 6. The molecule has 1 aromatic heterocycles. The first-order valence-corrected chi connectivity index (χ1v) is 10.6. The lowest BCUT2D eigenvalue weighted by Gasteiger charge is -2.27. The Hall–Kier alpha value is -3.38. The van der Waals surface area contributed by atoms with Gasteiger partial charge in [0.15, 0.2) is 0 Å². The Labute approximate surface area is 183 Å². The number of aromatic nitrogens is 1. The summed E-state index contributed by atoms with van der Waals surface area (Å²) in [5.41, 5.74) is 4.24. The number of hydrogen-bond acceptors (Lipinski definition) is 4. The second kappa shape index (κ2) is 9.62. The van der Waals surface area contributed by atoms with Crippen LogP contribution in [0.25, 0.3) is 0 Å². The second-order valence-corrected chi connectivity index (χ2v) is 8.23. The maximum absolute atomic E-state index is 12.4. The summed E-state index contributed by atoms with van der Waals surface area (Å²) in [5, 5.41) is 5.80. The Balaban J connectivity index is 1.32. The van der Waals surface area contributed by atoms with Crippen molar-refractivity contribution in [2.24, 2.45) is 5.92 Å². The van der Waals surface area contributed by atoms with Crippen molar-refractivity contribution in [2.75, 3.05) is 31.3 Å². The van der Waals surface area contributed by atoms with Gasteiger partial charge in [0, 0.05) is 30.2 Å². The van der Waals surface area contributed by atoms with Gasteiger partial charge in [-0.1, -0.05) is 12.1 Å². The number of nitrogens with zero attached hydrogens (tertiary/aromatic N) is 2. The van der Waals surface area contributed by atoms with E-state index in [1.807, 2.05) is 18.2 Å². The van der Waals surface area contributed by atoms with E-state index in [1.165, 1.54) is 17.5 Å². The summed E-state index contributed by atoms with van der Waals surface area (Å²) in [4.78, 5) is 18.8. The molecule has 0 saturated carbocycles. The summed E-state index contributed by atoms with van der Waals surface area (Å²) in [6.45, 7) is 1.12. The average molecular weight is 417 g/mol. The summed E-state index contributed by atoms with van der Waals surface area (Å²) in [5.74, 6) is 1.89. The molecule has 0 saturated heterocycles. The maximum atomic E-state index is 12.4. The number of hydrogen-bond donors (Lipinski definition) is 2. The van der Waals surface area contributed by atoms with Crippen molar-refractivity contribution in [1.29, 1.82) is 0 Å². The third-order valence-electron chi connectivity index (χ3n) is 5.39. The SMILES string of the molecule is CN(C)CC1CCc2cc(NC(=O)Nc3ccc(Oc4ccccn4)cc3)ccc2C1. The third kappa shape index (κ3) is 5.83. The van der Waals surface area contributed by atoms with Crippen molar-refractivity contribution in [3.8, 4) is 11.6 Å². The summed E-state index contributed by atoms with van der Waals surface area (Å²) >= 11 is 0. The first kappa shape index (κ1) is 20.9. The predicted octanol–water partition coefficient (Wildman–Crippen LogP) is 5.18. The second-order valence-electron chi connectivity index (χ2n) is 8.23. The van der Waals surface area contributed by atoms with E-state index in [-0.39, 0.29) is 6.03 Å². The molecule has 1 atom stereocenters. The number of ether oxygens (including phenoxy) is 1. The number of anilines is 2. The van der Waals surface area contributed by atoms with Crippen molar-refractivity contribution >= 4 is 17.4 Å². The number of carbonyl (C=O) groups excluding carboxylic acids is 1. The van der Waals surface area contributed by atoms with Gasteiger partial charge in [-0.3, -0.25) is 0 Å². The van der Waals surface area contributed by atoms with Crippen LogP contribution in [0.3, 0.4) is 0 Å². The summed E-state index contributed by atoms with van der Waals surface area (Å²) < 4.78 is 5.67. The van der Waals surface area contributed by atoms with Gasteiger partial charge in [0.1, 0.15) is 5.75 Å². The Morgan fingerprint density at radius 2 is 1.81 bits per heavy atom. The smallest absolute Gasteiger partial charge is 0.323 e. The van der Waals surface area contributed by atoms with Crippen molar-refractivity contribution in [2.45, 2.75) is 19.3 Å². The highest BCUT2D eigenvalue weighted by Crippen LogP contribution is 2.28. The molecule has 6 heteroatoms. The molecule has 2 N–H and O–H groups in total. The molecule has 1 aliphatic rings. The monoisotopic (exact) mass is 416 g/mol. The fourth-order valence-electron chi connectivity index (χ4n) is 4.01. The molecular formula is C25H28N4O2. The molecule has 160 valence electrons. The number of pyridine rings is 1. The van der Waals surface area contributed by atoms with E-state index in [0.717, 1.165) is 25.1 Å². The fourth-order valence-corrected chi connectivity index (χ4v) is 4.01. The van der Waals surface area contributed by atoms with E-state index in [9.17, 15) is 4.79 Å². The number of carbonyl (C=O) groups is 1. The molecule has 31 heavy (non-hydrogen) atoms. The quantitative estimate of drug-likeness (QED) is 0.581. The van der Waals surface area contributed by atoms with E-state index < -0.39 is 0 Å². The van der Waals surface area contributed by atoms with Gasteiger partial charge >= 0.3 is 6.03 Å². The maximum Gasteiger partial charge on any atom is 0.323 e. The van der Waals surface area contributed by atoms with Crippen LogP contribution < -0.4 is 15.4 Å². The van der Waals surface area contributed by atoms with Crippen molar-refractivity contribution < 1.29 is 9.53 Å². The number of aryl methyl sites for hydroxylation is 1. The lowest BCUT2D eigenvalue weighted by Crippen LogP contribution is -2.26. The zero-order valence-corrected chi connectivity index (χ0v) is 18.0. The number of benzene rings is 2. The van der Waals surface area contributed by atoms with Crippen molar-refractivity contribution in [3.05, 3.63) is 78.0 Å². The molecule has 1 heterocycles. The number of urea groups is 1. The van der Waals surface area contributed by atoms with Gasteiger partial charge in [0.05, 0.1) is 0 Å². The van der Waals surface area contributed by atoms with Gasteiger partial charge in [0.2, 0.25) is 5.88 Å². The van der Waals surface area contributed by atoms with Crippen LogP contribution in [0.5, 0.6) is 11.6 Å². The summed E-state index contributed by atoms with van der Waals surface area (Å²) in [6.07, 6.45) is 5.03. The highest BCUT2D eigenvalue weighted by molar-refractivity contribution is 5.99. The highest BCUT2D eigenvalue weighted by atomic mass is 16.5. The molecule has 4 rings (SSSR count). The van der Waals surface area contributed by atoms with Crippen LogP contribution in [0.15, 0.2) is 66.9 Å². The van der Waals surface area contributed by atoms with Crippen LogP contribution in [0.2, 0.25) is 0 Å². The van der Waals surface area contributed by atoms with Gasteiger partial charge in [-0.25, -0.2) is 9.78 Å². The molecule has 0 bridgehead atoms. The topological polar surface area (TPSA) is 66.5 Å². The number of amides is 2. The van der Waals surface area contributed by atoms with Gasteiger partial charge in [-0.05, 0) is 92.9 Å². The van der Waals surface area contributed by atoms with Gasteiger partial charge in [-0.2, -0.15) is 0 Å². The van der Waals surface area contributed by atoms with Crippen molar-refractivity contribution in [1.82, 2.24) is 9.88 Å². The zero-order chi connectivity index (χ0) is 21.6. The Kier molecular flexibility index (Phi) is 6.48. The van der Waals surface area contributed by atoms with Crippen LogP contribution >= 0.6 is 0 Å². The largest absolute Gasteiger partial charge is 0.439 e. The minimum absolute atomic E-state index is 0.264. The van der Waals surface area contributed by atoms with Gasteiger partial charge in [-0.15, -0.1) is 0 Å². The van der Waals surface area contributed by atoms with Crippen LogP contribution in [-0.2, 0) is 12.8 Å². The van der Waals surface area contributed by atoms with Crippen LogP contribution in [0, 0.1) is 5.92 Å². The lowest BCUT2D eigenvalue weighted by atomic mass is 9.83. The normalized spacial score (nSPS) is 15.3. The fraction of sp³-hybridized carbons (Fsp3) is 0.280. The van der Waals surface area contributed by atoms with E-state index in [1.54, 1.807) is 36.5 Å². The summed E-state index contributed by atoms with van der Waals surface area (Å²) in [6, 6.07) is 18.7. The molecule has 1 aliphatic carbocycles. The highest BCUT2D eigenvalue weighted by Gasteiger charge is 2.19. The van der Waals surface area contributed by atoms with E-state index in [2.05, 4.69) is 46.7 Å². The molecule has 0 spiro atoms. The molecule has 2 amide bonds. The molecule has 0 aliphatic heterocycles. The first-order valence-electron chi connectivity index (χ1n) is 10.6. The van der Waals surface area contributed by atoms with Crippen LogP contribution in [0.1, 0.15) is 17.5 Å². The molecule has 1 unspecified atom stereocenters. The van der Waals surface area contributed by atoms with Crippen LogP contribution in [0.4, 0.5) is 16.2 Å². The number of nitrogens with one attached hydrogen (secondary N) is 2. The zero-order valence-electron chi connectivity index (χ0n) is 18.0. The van der Waals surface area contributed by atoms with Crippen molar-refractivity contribution in [3.63, 3.8) is 0 Å². The van der Waals surface area contributed by atoms with E-state index >= 15 is 0 Å². The van der Waals surface area contributed by atoms with Gasteiger partial charge in [0.25, 0.3) is 0 Å². The number of fused-ring (bicyclic) bond motifs is 1. The Morgan fingerprint density at radius 1 is 1.03 bits per heavy atom. The molecular weight excluding hydrogens is 388 g/mol. The lowest BCUT2D eigenvalue weighted by molar-refractivity contribution is 0.262. The molecule has 0 radical (unpaired) electrons. The molecule has 0 fully saturated rings. The molecule has 3 aromatic rings. The summed E-state index contributed by atoms with van der Waals surface area (Å²) in [7, 11) is 4.25. The Morgan fingerprint density at radius 3 is 2.55 bits per heavy atom. The Bertz CT molecular complexity index is 1020.